The Kier molecular flexibility index (Phi) is 6.98. The van der Waals surface area contributed by atoms with E-state index in [0.29, 0.717) is 17.5 Å². The fourth-order valence-electron chi connectivity index (χ4n) is 3.18. The molecule has 30 heavy (non-hydrogen) atoms. The highest BCUT2D eigenvalue weighted by atomic mass is 19.3. The Hall–Kier alpha value is -3.02. The lowest BCUT2D eigenvalue weighted by atomic mass is 9.97. The summed E-state index contributed by atoms with van der Waals surface area (Å²) in [6.07, 6.45) is 0.0756. The van der Waals surface area contributed by atoms with E-state index in [9.17, 15) is 26.3 Å². The largest absolute Gasteiger partial charge is 0.266 e. The van der Waals surface area contributed by atoms with Crippen molar-refractivity contribution in [1.29, 1.82) is 0 Å². The first-order valence-corrected chi connectivity index (χ1v) is 9.36. The first kappa shape index (κ1) is 21.7. The number of hydrogen-bond acceptors (Lipinski definition) is 0. The molecule has 0 amide bonds. The normalized spacial score (nSPS) is 10.9. The SMILES string of the molecule is FC(F)=CCCc1ccc(-c2ccc(CCc3ccc(F)c(F)c3)c(F)c2F)cc1. The van der Waals surface area contributed by atoms with Gasteiger partial charge in [0.1, 0.15) is 0 Å². The maximum absolute atomic E-state index is 14.6. The molecule has 0 aliphatic carbocycles. The van der Waals surface area contributed by atoms with E-state index in [-0.39, 0.29) is 30.4 Å². The van der Waals surface area contributed by atoms with Gasteiger partial charge in [0.15, 0.2) is 23.3 Å². The molecule has 0 bridgehead atoms. The van der Waals surface area contributed by atoms with Crippen molar-refractivity contribution < 1.29 is 26.3 Å². The van der Waals surface area contributed by atoms with Crippen molar-refractivity contribution >= 4 is 0 Å². The molecule has 0 aromatic heterocycles. The molecule has 0 aliphatic rings. The topological polar surface area (TPSA) is 0 Å². The summed E-state index contributed by atoms with van der Waals surface area (Å²) in [5.41, 5.74) is 1.98. The number of halogens is 6. The standard InChI is InChI=1S/C24H18F6/c25-20-13-7-16(14-21(20)26)6-10-18-11-12-19(24(30)23(18)29)17-8-4-15(5-9-17)2-1-3-22(27)28/h3-5,7-9,11-14H,1-2,6,10H2. The summed E-state index contributed by atoms with van der Waals surface area (Å²) in [5.74, 6) is -3.92. The van der Waals surface area contributed by atoms with Crippen LogP contribution < -0.4 is 0 Å². The van der Waals surface area contributed by atoms with E-state index >= 15 is 0 Å². The zero-order chi connectivity index (χ0) is 21.7. The molecule has 0 heterocycles. The summed E-state index contributed by atoms with van der Waals surface area (Å²) in [7, 11) is 0. The molecule has 3 aromatic carbocycles. The van der Waals surface area contributed by atoms with Gasteiger partial charge in [-0.2, -0.15) is 8.78 Å². The van der Waals surface area contributed by atoms with Crippen LogP contribution in [-0.4, -0.2) is 0 Å². The quantitative estimate of drug-likeness (QED) is 0.349. The van der Waals surface area contributed by atoms with Crippen molar-refractivity contribution in [3.63, 3.8) is 0 Å². The summed E-state index contributed by atoms with van der Waals surface area (Å²) in [6, 6.07) is 13.0. The lowest BCUT2D eigenvalue weighted by Crippen LogP contribution is -2.00. The van der Waals surface area contributed by atoms with Gasteiger partial charge in [-0.1, -0.05) is 42.5 Å². The fourth-order valence-corrected chi connectivity index (χ4v) is 3.18. The van der Waals surface area contributed by atoms with Crippen LogP contribution in [0.2, 0.25) is 0 Å². The van der Waals surface area contributed by atoms with Gasteiger partial charge in [-0.15, -0.1) is 0 Å². The van der Waals surface area contributed by atoms with Crippen molar-refractivity contribution in [1.82, 2.24) is 0 Å². The van der Waals surface area contributed by atoms with E-state index < -0.39 is 29.3 Å². The molecule has 0 spiro atoms. The van der Waals surface area contributed by atoms with Crippen LogP contribution in [0.3, 0.4) is 0 Å². The van der Waals surface area contributed by atoms with E-state index in [1.54, 1.807) is 24.3 Å². The predicted molar refractivity (Wildman–Crippen MR) is 104 cm³/mol. The first-order chi connectivity index (χ1) is 14.3. The van der Waals surface area contributed by atoms with E-state index in [4.69, 9.17) is 0 Å². The Balaban J connectivity index is 1.72. The Morgan fingerprint density at radius 3 is 2.03 bits per heavy atom. The van der Waals surface area contributed by atoms with Gasteiger partial charge in [-0.25, -0.2) is 17.6 Å². The molecule has 3 rings (SSSR count). The molecule has 3 aromatic rings. The molecule has 0 N–H and O–H groups in total. The van der Waals surface area contributed by atoms with E-state index in [0.717, 1.165) is 23.8 Å². The van der Waals surface area contributed by atoms with Crippen LogP contribution in [-0.2, 0) is 19.3 Å². The van der Waals surface area contributed by atoms with Gasteiger partial charge in [0.2, 0.25) is 0 Å². The predicted octanol–water partition coefficient (Wildman–Crippen LogP) is 7.41. The third-order valence-corrected chi connectivity index (χ3v) is 4.83. The lowest BCUT2D eigenvalue weighted by molar-refractivity contribution is 0.417. The highest BCUT2D eigenvalue weighted by Crippen LogP contribution is 2.28. The molecular formula is C24H18F6. The molecule has 6 heteroatoms. The van der Waals surface area contributed by atoms with Crippen molar-refractivity contribution in [2.75, 3.05) is 0 Å². The summed E-state index contributed by atoms with van der Waals surface area (Å²) < 4.78 is 79.5. The minimum atomic E-state index is -1.73. The highest BCUT2D eigenvalue weighted by molar-refractivity contribution is 5.65. The minimum Gasteiger partial charge on any atom is -0.204 e. The van der Waals surface area contributed by atoms with Crippen LogP contribution in [0.5, 0.6) is 0 Å². The van der Waals surface area contributed by atoms with E-state index in [2.05, 4.69) is 0 Å². The van der Waals surface area contributed by atoms with Gasteiger partial charge < -0.3 is 0 Å². The second kappa shape index (κ2) is 9.65. The lowest BCUT2D eigenvalue weighted by Gasteiger charge is -2.10. The van der Waals surface area contributed by atoms with Crippen molar-refractivity contribution in [3.8, 4) is 11.1 Å². The summed E-state index contributed by atoms with van der Waals surface area (Å²) in [6.45, 7) is 0. The minimum absolute atomic E-state index is 0.0883. The van der Waals surface area contributed by atoms with Gasteiger partial charge in [0, 0.05) is 5.56 Å². The molecule has 0 saturated heterocycles. The molecule has 0 fully saturated rings. The Labute approximate surface area is 170 Å². The van der Waals surface area contributed by atoms with E-state index in [1.807, 2.05) is 0 Å². The third-order valence-electron chi connectivity index (χ3n) is 4.83. The molecule has 0 nitrogen and oxygen atoms in total. The van der Waals surface area contributed by atoms with Gasteiger partial charge >= 0.3 is 0 Å². The second-order valence-corrected chi connectivity index (χ2v) is 6.88. The molecule has 0 atom stereocenters. The van der Waals surface area contributed by atoms with Crippen LogP contribution in [0.15, 0.2) is 66.8 Å². The Morgan fingerprint density at radius 1 is 0.667 bits per heavy atom. The number of rotatable bonds is 7. The van der Waals surface area contributed by atoms with Gasteiger partial charge in [-0.05, 0) is 66.1 Å². The first-order valence-electron chi connectivity index (χ1n) is 9.36. The number of hydrogen-bond donors (Lipinski definition) is 0. The van der Waals surface area contributed by atoms with Crippen LogP contribution in [0.4, 0.5) is 26.3 Å². The summed E-state index contributed by atoms with van der Waals surface area (Å²) in [5, 5.41) is 0. The van der Waals surface area contributed by atoms with Gasteiger partial charge in [-0.3, -0.25) is 0 Å². The van der Waals surface area contributed by atoms with Gasteiger partial charge in [0.05, 0.1) is 0 Å². The van der Waals surface area contributed by atoms with Crippen LogP contribution in [0.25, 0.3) is 11.1 Å². The molecule has 0 unspecified atom stereocenters. The maximum Gasteiger partial charge on any atom is 0.266 e. The summed E-state index contributed by atoms with van der Waals surface area (Å²) >= 11 is 0. The molecule has 0 aliphatic heterocycles. The average molecular weight is 420 g/mol. The van der Waals surface area contributed by atoms with Crippen molar-refractivity contribution in [2.45, 2.75) is 25.7 Å². The summed E-state index contributed by atoms with van der Waals surface area (Å²) in [4.78, 5) is 0. The number of allylic oxidation sites excluding steroid dienone is 1. The second-order valence-electron chi connectivity index (χ2n) is 6.88. The zero-order valence-electron chi connectivity index (χ0n) is 15.9. The van der Waals surface area contributed by atoms with Gasteiger partial charge in [0.25, 0.3) is 6.08 Å². The third kappa shape index (κ3) is 5.32. The number of aryl methyl sites for hydroxylation is 3. The Bertz CT molecular complexity index is 1050. The molecule has 156 valence electrons. The van der Waals surface area contributed by atoms with Crippen molar-refractivity contribution in [3.05, 3.63) is 107 Å². The van der Waals surface area contributed by atoms with Crippen molar-refractivity contribution in [2.24, 2.45) is 0 Å². The molecular weight excluding hydrogens is 402 g/mol. The average Bonchev–Trinajstić information content (AvgIpc) is 2.72. The highest BCUT2D eigenvalue weighted by Gasteiger charge is 2.15. The van der Waals surface area contributed by atoms with Crippen LogP contribution in [0, 0.1) is 23.3 Å². The van der Waals surface area contributed by atoms with Crippen LogP contribution in [0.1, 0.15) is 23.1 Å². The van der Waals surface area contributed by atoms with E-state index in [1.165, 1.54) is 18.2 Å². The zero-order valence-corrected chi connectivity index (χ0v) is 15.9. The number of benzene rings is 3. The maximum atomic E-state index is 14.6. The smallest absolute Gasteiger partial charge is 0.204 e. The monoisotopic (exact) mass is 420 g/mol. The molecule has 0 radical (unpaired) electrons. The Morgan fingerprint density at radius 2 is 1.37 bits per heavy atom. The van der Waals surface area contributed by atoms with Crippen LogP contribution >= 0.6 is 0 Å². The molecule has 0 saturated carbocycles. The fraction of sp³-hybridized carbons (Fsp3) is 0.167.